The minimum absolute atomic E-state index is 0.236. The minimum Gasteiger partial charge on any atom is -0.390 e. The predicted molar refractivity (Wildman–Crippen MR) is 68.1 cm³/mol. The van der Waals surface area contributed by atoms with Gasteiger partial charge in [0.1, 0.15) is 0 Å². The van der Waals surface area contributed by atoms with Crippen molar-refractivity contribution in [3.63, 3.8) is 0 Å². The lowest BCUT2D eigenvalue weighted by molar-refractivity contribution is 0.0479. The molecule has 1 atom stereocenters. The fourth-order valence-electron chi connectivity index (χ4n) is 2.46. The SMILES string of the molecule is CN(CC(O)CNC1CC1)CC1CCOCC1. The zero-order valence-corrected chi connectivity index (χ0v) is 10.9. The van der Waals surface area contributed by atoms with Crippen molar-refractivity contribution in [2.24, 2.45) is 5.92 Å². The van der Waals surface area contributed by atoms with Crippen molar-refractivity contribution in [3.8, 4) is 0 Å². The van der Waals surface area contributed by atoms with Crippen molar-refractivity contribution in [2.45, 2.75) is 37.8 Å². The Morgan fingerprint density at radius 1 is 1.29 bits per heavy atom. The van der Waals surface area contributed by atoms with Gasteiger partial charge in [0, 0.05) is 38.9 Å². The lowest BCUT2D eigenvalue weighted by Crippen LogP contribution is -2.39. The van der Waals surface area contributed by atoms with E-state index in [1.165, 1.54) is 25.7 Å². The molecule has 1 unspecified atom stereocenters. The Balaban J connectivity index is 1.56. The molecule has 2 rings (SSSR count). The fourth-order valence-corrected chi connectivity index (χ4v) is 2.46. The van der Waals surface area contributed by atoms with Crippen LogP contribution < -0.4 is 5.32 Å². The van der Waals surface area contributed by atoms with Crippen LogP contribution in [0.3, 0.4) is 0 Å². The molecule has 100 valence electrons. The smallest absolute Gasteiger partial charge is 0.0791 e. The highest BCUT2D eigenvalue weighted by Gasteiger charge is 2.22. The first-order valence-corrected chi connectivity index (χ1v) is 6.92. The van der Waals surface area contributed by atoms with Crippen molar-refractivity contribution in [3.05, 3.63) is 0 Å². The summed E-state index contributed by atoms with van der Waals surface area (Å²) in [6, 6.07) is 0.686. The van der Waals surface area contributed by atoms with Crippen molar-refractivity contribution in [1.82, 2.24) is 10.2 Å². The molecule has 0 radical (unpaired) electrons. The van der Waals surface area contributed by atoms with Gasteiger partial charge in [-0.3, -0.25) is 0 Å². The highest BCUT2D eigenvalue weighted by Crippen LogP contribution is 2.18. The quantitative estimate of drug-likeness (QED) is 0.681. The molecule has 2 N–H and O–H groups in total. The van der Waals surface area contributed by atoms with E-state index in [1.54, 1.807) is 0 Å². The lowest BCUT2D eigenvalue weighted by atomic mass is 10.00. The van der Waals surface area contributed by atoms with Crippen LogP contribution in [-0.4, -0.2) is 62.0 Å². The molecule has 4 heteroatoms. The highest BCUT2D eigenvalue weighted by molar-refractivity contribution is 4.82. The van der Waals surface area contributed by atoms with E-state index in [0.29, 0.717) is 6.04 Å². The van der Waals surface area contributed by atoms with Gasteiger partial charge in [-0.2, -0.15) is 0 Å². The Kier molecular flexibility index (Phi) is 5.22. The lowest BCUT2D eigenvalue weighted by Gasteiger charge is -2.28. The first kappa shape index (κ1) is 13.3. The largest absolute Gasteiger partial charge is 0.390 e. The number of nitrogens with one attached hydrogen (secondary N) is 1. The minimum atomic E-state index is -0.236. The number of aliphatic hydroxyl groups is 1. The van der Waals surface area contributed by atoms with Crippen LogP contribution in [0.2, 0.25) is 0 Å². The van der Waals surface area contributed by atoms with Crippen LogP contribution in [0.4, 0.5) is 0 Å². The van der Waals surface area contributed by atoms with Crippen molar-refractivity contribution >= 4 is 0 Å². The molecule has 2 fully saturated rings. The summed E-state index contributed by atoms with van der Waals surface area (Å²) in [4.78, 5) is 2.26. The fraction of sp³-hybridized carbons (Fsp3) is 1.00. The van der Waals surface area contributed by atoms with Gasteiger partial charge in [0.2, 0.25) is 0 Å². The average Bonchev–Trinajstić information content (AvgIpc) is 3.11. The average molecular weight is 242 g/mol. The van der Waals surface area contributed by atoms with Crippen molar-refractivity contribution in [1.29, 1.82) is 0 Å². The van der Waals surface area contributed by atoms with Gasteiger partial charge in [-0.05, 0) is 38.6 Å². The third-order valence-corrected chi connectivity index (χ3v) is 3.65. The van der Waals surface area contributed by atoms with E-state index in [0.717, 1.165) is 38.8 Å². The molecular formula is C13H26N2O2. The Morgan fingerprint density at radius 3 is 2.65 bits per heavy atom. The molecular weight excluding hydrogens is 216 g/mol. The van der Waals surface area contributed by atoms with E-state index in [1.807, 2.05) is 0 Å². The zero-order valence-electron chi connectivity index (χ0n) is 10.9. The van der Waals surface area contributed by atoms with Crippen LogP contribution in [0.15, 0.2) is 0 Å². The molecule has 4 nitrogen and oxygen atoms in total. The van der Waals surface area contributed by atoms with Crippen molar-refractivity contribution in [2.75, 3.05) is 39.9 Å². The van der Waals surface area contributed by atoms with Crippen molar-refractivity contribution < 1.29 is 9.84 Å². The number of aliphatic hydroxyl groups excluding tert-OH is 1. The van der Waals surface area contributed by atoms with Gasteiger partial charge < -0.3 is 20.1 Å². The van der Waals surface area contributed by atoms with E-state index in [9.17, 15) is 5.11 Å². The summed E-state index contributed by atoms with van der Waals surface area (Å²) in [7, 11) is 2.11. The standard InChI is InChI=1S/C13H26N2O2/c1-15(9-11-4-6-17-7-5-11)10-13(16)8-14-12-2-3-12/h11-14,16H,2-10H2,1H3. The molecule has 0 amide bonds. The van der Waals surface area contributed by atoms with Crippen LogP contribution in [0.1, 0.15) is 25.7 Å². The summed E-state index contributed by atoms with van der Waals surface area (Å²) >= 11 is 0. The normalized spacial score (nSPS) is 24.2. The number of nitrogens with zero attached hydrogens (tertiary/aromatic N) is 1. The second-order valence-electron chi connectivity index (χ2n) is 5.61. The zero-order chi connectivity index (χ0) is 12.1. The Morgan fingerprint density at radius 2 is 2.00 bits per heavy atom. The van der Waals surface area contributed by atoms with Gasteiger partial charge in [-0.25, -0.2) is 0 Å². The van der Waals surface area contributed by atoms with Crippen LogP contribution >= 0.6 is 0 Å². The molecule has 1 saturated carbocycles. The molecule has 1 saturated heterocycles. The van der Waals surface area contributed by atoms with E-state index in [2.05, 4.69) is 17.3 Å². The summed E-state index contributed by atoms with van der Waals surface area (Å²) < 4.78 is 5.36. The van der Waals surface area contributed by atoms with Gasteiger partial charge in [-0.1, -0.05) is 0 Å². The summed E-state index contributed by atoms with van der Waals surface area (Å²) in [5.41, 5.74) is 0. The highest BCUT2D eigenvalue weighted by atomic mass is 16.5. The van der Waals surface area contributed by atoms with Crippen LogP contribution in [0, 0.1) is 5.92 Å². The summed E-state index contributed by atoms with van der Waals surface area (Å²) in [6.07, 6.45) is 4.66. The molecule has 1 heterocycles. The topological polar surface area (TPSA) is 44.7 Å². The Hall–Kier alpha value is -0.160. The van der Waals surface area contributed by atoms with Crippen LogP contribution in [-0.2, 0) is 4.74 Å². The third-order valence-electron chi connectivity index (χ3n) is 3.65. The number of hydrogen-bond donors (Lipinski definition) is 2. The van der Waals surface area contributed by atoms with Crippen LogP contribution in [0.25, 0.3) is 0 Å². The second kappa shape index (κ2) is 6.69. The van der Waals surface area contributed by atoms with E-state index >= 15 is 0 Å². The number of hydrogen-bond acceptors (Lipinski definition) is 4. The molecule has 0 aromatic heterocycles. The second-order valence-corrected chi connectivity index (χ2v) is 5.61. The first-order chi connectivity index (χ1) is 8.24. The van der Waals surface area contributed by atoms with Gasteiger partial charge in [-0.15, -0.1) is 0 Å². The van der Waals surface area contributed by atoms with E-state index in [-0.39, 0.29) is 6.10 Å². The summed E-state index contributed by atoms with van der Waals surface area (Å²) in [5, 5.41) is 13.3. The predicted octanol–water partition coefficient (Wildman–Crippen LogP) is 0.458. The molecule has 1 aliphatic carbocycles. The van der Waals surface area contributed by atoms with E-state index in [4.69, 9.17) is 4.74 Å². The maximum atomic E-state index is 9.90. The van der Waals surface area contributed by atoms with E-state index < -0.39 is 0 Å². The Labute approximate surface area is 104 Å². The molecule has 0 aromatic carbocycles. The molecule has 17 heavy (non-hydrogen) atoms. The number of likely N-dealkylation sites (N-methyl/N-ethyl adjacent to an activating group) is 1. The van der Waals surface area contributed by atoms with Crippen LogP contribution in [0.5, 0.6) is 0 Å². The van der Waals surface area contributed by atoms with Gasteiger partial charge >= 0.3 is 0 Å². The monoisotopic (exact) mass is 242 g/mol. The maximum Gasteiger partial charge on any atom is 0.0791 e. The van der Waals surface area contributed by atoms with Gasteiger partial charge in [0.15, 0.2) is 0 Å². The third kappa shape index (κ3) is 5.34. The number of rotatable bonds is 7. The summed E-state index contributed by atoms with van der Waals surface area (Å²) in [5.74, 6) is 0.748. The first-order valence-electron chi connectivity index (χ1n) is 6.92. The summed E-state index contributed by atoms with van der Waals surface area (Å²) in [6.45, 7) is 4.41. The molecule has 0 aromatic rings. The Bertz CT molecular complexity index is 215. The number of ether oxygens (including phenoxy) is 1. The molecule has 0 spiro atoms. The molecule has 2 aliphatic rings. The molecule has 1 aliphatic heterocycles. The maximum absolute atomic E-state index is 9.90. The molecule has 0 bridgehead atoms. The van der Waals surface area contributed by atoms with Gasteiger partial charge in [0.05, 0.1) is 6.10 Å². The van der Waals surface area contributed by atoms with Gasteiger partial charge in [0.25, 0.3) is 0 Å².